The summed E-state index contributed by atoms with van der Waals surface area (Å²) in [5.74, 6) is -0.628. The van der Waals surface area contributed by atoms with E-state index in [2.05, 4.69) is 44.3 Å². The van der Waals surface area contributed by atoms with Crippen LogP contribution in [0.3, 0.4) is 0 Å². The molecule has 1 saturated heterocycles. The second-order valence-electron chi connectivity index (χ2n) is 9.11. The molecule has 1 N–H and O–H groups in total. The number of benzene rings is 3. The lowest BCUT2D eigenvalue weighted by Crippen LogP contribution is -2.50. The van der Waals surface area contributed by atoms with Crippen molar-refractivity contribution in [3.63, 3.8) is 0 Å². The average Bonchev–Trinajstić information content (AvgIpc) is 2.87. The molecule has 3 aromatic rings. The molecule has 0 unspecified atom stereocenters. The zero-order valence-electron chi connectivity index (χ0n) is 20.3. The maximum atomic E-state index is 13.3. The van der Waals surface area contributed by atoms with Crippen LogP contribution in [0, 0.1) is 11.6 Å². The van der Waals surface area contributed by atoms with E-state index < -0.39 is 0 Å². The lowest BCUT2D eigenvalue weighted by Gasteiger charge is -2.40. The molecule has 4 rings (SSSR count). The summed E-state index contributed by atoms with van der Waals surface area (Å²) in [5, 5.41) is 3.09. The number of carbonyl (C=O) groups is 1. The Morgan fingerprint density at radius 1 is 0.857 bits per heavy atom. The third-order valence-electron chi connectivity index (χ3n) is 6.51. The summed E-state index contributed by atoms with van der Waals surface area (Å²) in [4.78, 5) is 19.4. The van der Waals surface area contributed by atoms with Crippen molar-refractivity contribution in [2.45, 2.75) is 12.5 Å². The summed E-state index contributed by atoms with van der Waals surface area (Å²) in [7, 11) is 4.02. The number of hydrogen-bond donors (Lipinski definition) is 1. The first kappa shape index (κ1) is 24.7. The molecule has 1 atom stereocenters. The second kappa shape index (κ2) is 11.3. The number of anilines is 2. The topological polar surface area (TPSA) is 38.8 Å². The molecule has 7 heteroatoms. The van der Waals surface area contributed by atoms with Crippen LogP contribution in [-0.4, -0.2) is 57.6 Å². The van der Waals surface area contributed by atoms with Gasteiger partial charge < -0.3 is 15.1 Å². The fourth-order valence-corrected chi connectivity index (χ4v) is 4.46. The summed E-state index contributed by atoms with van der Waals surface area (Å²) in [6.07, 6.45) is 0.213. The molecule has 0 bridgehead atoms. The number of halogens is 2. The van der Waals surface area contributed by atoms with Crippen LogP contribution in [0.2, 0.25) is 0 Å². The van der Waals surface area contributed by atoms with Crippen LogP contribution in [-0.2, 0) is 11.2 Å². The molecule has 35 heavy (non-hydrogen) atoms. The third kappa shape index (κ3) is 6.57. The summed E-state index contributed by atoms with van der Waals surface area (Å²) < 4.78 is 26.5. The van der Waals surface area contributed by atoms with E-state index in [-0.39, 0.29) is 30.0 Å². The lowest BCUT2D eigenvalue weighted by atomic mass is 10.0. The van der Waals surface area contributed by atoms with Gasteiger partial charge in [0.05, 0.1) is 12.5 Å². The fourth-order valence-electron chi connectivity index (χ4n) is 4.46. The van der Waals surface area contributed by atoms with Crippen LogP contribution in [0.5, 0.6) is 0 Å². The van der Waals surface area contributed by atoms with E-state index in [1.165, 1.54) is 24.3 Å². The molecule has 1 fully saturated rings. The first-order chi connectivity index (χ1) is 16.9. The number of piperazine rings is 1. The van der Waals surface area contributed by atoms with Gasteiger partial charge in [0.2, 0.25) is 5.91 Å². The van der Waals surface area contributed by atoms with Crippen molar-refractivity contribution < 1.29 is 13.6 Å². The molecule has 1 aliphatic rings. The lowest BCUT2D eigenvalue weighted by molar-refractivity contribution is -0.120. The van der Waals surface area contributed by atoms with Gasteiger partial charge in [-0.15, -0.1) is 0 Å². The van der Waals surface area contributed by atoms with Crippen molar-refractivity contribution in [1.82, 2.24) is 10.2 Å². The minimum absolute atomic E-state index is 0.0266. The largest absolute Gasteiger partial charge is 0.378 e. The zero-order chi connectivity index (χ0) is 24.8. The quantitative estimate of drug-likeness (QED) is 0.525. The van der Waals surface area contributed by atoms with E-state index in [1.807, 2.05) is 26.2 Å². The molecular weight excluding hydrogens is 446 g/mol. The predicted molar refractivity (Wildman–Crippen MR) is 137 cm³/mol. The second-order valence-corrected chi connectivity index (χ2v) is 9.11. The maximum absolute atomic E-state index is 13.3. The molecule has 0 saturated carbocycles. The number of rotatable bonds is 8. The molecule has 5 nitrogen and oxygen atoms in total. The molecule has 1 heterocycles. The van der Waals surface area contributed by atoms with Gasteiger partial charge in [-0.1, -0.05) is 24.3 Å². The van der Waals surface area contributed by atoms with Gasteiger partial charge in [-0.05, 0) is 59.7 Å². The Hall–Kier alpha value is -3.45. The van der Waals surface area contributed by atoms with Crippen molar-refractivity contribution in [3.8, 4) is 0 Å². The van der Waals surface area contributed by atoms with Crippen molar-refractivity contribution >= 4 is 17.3 Å². The van der Waals surface area contributed by atoms with Crippen LogP contribution in [0.1, 0.15) is 17.2 Å². The minimum Gasteiger partial charge on any atom is -0.378 e. The maximum Gasteiger partial charge on any atom is 0.224 e. The zero-order valence-corrected chi connectivity index (χ0v) is 20.3. The molecule has 3 aromatic carbocycles. The van der Waals surface area contributed by atoms with Crippen LogP contribution >= 0.6 is 0 Å². The van der Waals surface area contributed by atoms with E-state index in [0.717, 1.165) is 48.7 Å². The third-order valence-corrected chi connectivity index (χ3v) is 6.51. The molecule has 0 radical (unpaired) electrons. The highest BCUT2D eigenvalue weighted by molar-refractivity contribution is 5.78. The smallest absolute Gasteiger partial charge is 0.224 e. The van der Waals surface area contributed by atoms with Gasteiger partial charge >= 0.3 is 0 Å². The Bertz CT molecular complexity index is 1090. The monoisotopic (exact) mass is 478 g/mol. The Balaban J connectivity index is 1.43. The summed E-state index contributed by atoms with van der Waals surface area (Å²) in [5.41, 5.74) is 4.07. The van der Waals surface area contributed by atoms with E-state index in [0.29, 0.717) is 6.54 Å². The standard InChI is InChI=1S/C28H32F2N4O/c1-32(2)25-11-5-22(6-12-25)27(20-31-28(35)19-21-3-7-23(29)8-4-21)34-17-15-33(16-18-34)26-13-9-24(30)10-14-26/h3-14,27H,15-20H2,1-2H3,(H,31,35)/t27-/m1/s1. The number of carbonyl (C=O) groups excluding carboxylic acids is 1. The summed E-state index contributed by atoms with van der Waals surface area (Å²) in [6.45, 7) is 3.78. The van der Waals surface area contributed by atoms with Crippen molar-refractivity contribution in [1.29, 1.82) is 0 Å². The molecule has 184 valence electrons. The SMILES string of the molecule is CN(C)c1ccc([C@@H](CNC(=O)Cc2ccc(F)cc2)N2CCN(c3ccc(F)cc3)CC2)cc1. The van der Waals surface area contributed by atoms with E-state index in [9.17, 15) is 13.6 Å². The Labute approximate surface area is 206 Å². The van der Waals surface area contributed by atoms with Gasteiger partial charge in [-0.25, -0.2) is 8.78 Å². The number of nitrogens with one attached hydrogen (secondary N) is 1. The number of amides is 1. The minimum atomic E-state index is -0.310. The van der Waals surface area contributed by atoms with Crippen LogP contribution in [0.25, 0.3) is 0 Å². The molecular formula is C28H32F2N4O. The fraction of sp³-hybridized carbons (Fsp3) is 0.321. The first-order valence-electron chi connectivity index (χ1n) is 11.9. The molecule has 0 aliphatic carbocycles. The van der Waals surface area contributed by atoms with Crippen LogP contribution in [0.4, 0.5) is 20.2 Å². The van der Waals surface area contributed by atoms with E-state index >= 15 is 0 Å². The molecule has 0 spiro atoms. The Kier molecular flexibility index (Phi) is 7.98. The first-order valence-corrected chi connectivity index (χ1v) is 11.9. The highest BCUT2D eigenvalue weighted by Gasteiger charge is 2.26. The van der Waals surface area contributed by atoms with Crippen LogP contribution < -0.4 is 15.1 Å². The number of nitrogens with zero attached hydrogens (tertiary/aromatic N) is 3. The van der Waals surface area contributed by atoms with Gasteiger partial charge in [0.25, 0.3) is 0 Å². The Morgan fingerprint density at radius 2 is 1.43 bits per heavy atom. The molecule has 1 aliphatic heterocycles. The number of hydrogen-bond acceptors (Lipinski definition) is 4. The van der Waals surface area contributed by atoms with Crippen molar-refractivity contribution in [2.75, 3.05) is 56.6 Å². The van der Waals surface area contributed by atoms with Gasteiger partial charge in [0.15, 0.2) is 0 Å². The predicted octanol–water partition coefficient (Wildman–Crippen LogP) is 4.25. The summed E-state index contributed by atoms with van der Waals surface area (Å²) in [6, 6.07) is 21.1. The Morgan fingerprint density at radius 3 is 2.00 bits per heavy atom. The van der Waals surface area contributed by atoms with E-state index in [4.69, 9.17) is 0 Å². The van der Waals surface area contributed by atoms with Gasteiger partial charge in [0.1, 0.15) is 11.6 Å². The molecule has 1 amide bonds. The normalized spacial score (nSPS) is 15.0. The summed E-state index contributed by atoms with van der Waals surface area (Å²) >= 11 is 0. The van der Waals surface area contributed by atoms with Crippen LogP contribution in [0.15, 0.2) is 72.8 Å². The highest BCUT2D eigenvalue weighted by Crippen LogP contribution is 2.26. The highest BCUT2D eigenvalue weighted by atomic mass is 19.1. The molecule has 0 aromatic heterocycles. The average molecular weight is 479 g/mol. The van der Waals surface area contributed by atoms with Gasteiger partial charge in [-0.2, -0.15) is 0 Å². The van der Waals surface area contributed by atoms with Gasteiger partial charge in [0, 0.05) is 58.2 Å². The van der Waals surface area contributed by atoms with Crippen molar-refractivity contribution in [2.24, 2.45) is 0 Å². The van der Waals surface area contributed by atoms with Gasteiger partial charge in [-0.3, -0.25) is 9.69 Å². The van der Waals surface area contributed by atoms with E-state index in [1.54, 1.807) is 12.1 Å². The van der Waals surface area contributed by atoms with Crippen molar-refractivity contribution in [3.05, 3.63) is 95.6 Å².